The number of nitrogens with zero attached hydrogens (tertiary/aromatic N) is 1. The summed E-state index contributed by atoms with van der Waals surface area (Å²) in [4.78, 5) is 11.4. The van der Waals surface area contributed by atoms with Crippen molar-refractivity contribution in [1.82, 2.24) is 0 Å². The molecule has 0 aromatic rings. The van der Waals surface area contributed by atoms with E-state index in [0.29, 0.717) is 11.5 Å². The van der Waals surface area contributed by atoms with Crippen LogP contribution in [0.25, 0.3) is 0 Å². The second kappa shape index (κ2) is 9.35. The summed E-state index contributed by atoms with van der Waals surface area (Å²) in [5.74, 6) is 0.622. The Labute approximate surface area is 112 Å². The molecular weight excluding hydrogens is 278 g/mol. The van der Waals surface area contributed by atoms with Gasteiger partial charge in [-0.25, -0.2) is 8.42 Å². The molecule has 0 rings (SSSR count). The van der Waals surface area contributed by atoms with Gasteiger partial charge in [0, 0.05) is 24.1 Å². The maximum absolute atomic E-state index is 11.4. The highest BCUT2D eigenvalue weighted by Gasteiger charge is 2.13. The number of esters is 1. The molecule has 0 fully saturated rings. The van der Waals surface area contributed by atoms with Gasteiger partial charge in [-0.2, -0.15) is 16.2 Å². The normalized spacial score (nSPS) is 13.7. The van der Waals surface area contributed by atoms with Crippen molar-refractivity contribution in [2.75, 3.05) is 31.0 Å². The maximum Gasteiger partial charge on any atom is 0.309 e. The number of carbonyl (C=O) groups excluding carboxylic acids is 1. The Morgan fingerprint density at radius 2 is 2.22 bits per heavy atom. The second-order valence-electron chi connectivity index (χ2n) is 3.68. The van der Waals surface area contributed by atoms with Gasteiger partial charge >= 0.3 is 5.97 Å². The molecular formula is C10H19NO5S2. The van der Waals surface area contributed by atoms with Gasteiger partial charge in [0.05, 0.1) is 25.4 Å². The molecule has 106 valence electrons. The molecule has 0 aliphatic carbocycles. The first-order valence-electron chi connectivity index (χ1n) is 5.46. The summed E-state index contributed by atoms with van der Waals surface area (Å²) in [6.07, 6.45) is 2.49. The highest BCUT2D eigenvalue weighted by atomic mass is 32.2. The fraction of sp³-hybridized carbons (Fsp3) is 0.800. The number of carbonyl (C=O) groups is 1. The number of aliphatic hydroxyl groups is 1. The van der Waals surface area contributed by atoms with E-state index >= 15 is 0 Å². The topological polar surface area (TPSA) is 93.0 Å². The standard InChI is InChI=1S/C10H19NO5S2/c1-9(8-17-7-5-12)10(13)16-6-3-4-11-18(2,14)15/h4,9,12H,3,5-8H2,1-2H3/b11-4-. The first kappa shape index (κ1) is 17.4. The molecule has 0 amide bonds. The van der Waals surface area contributed by atoms with Crippen molar-refractivity contribution in [1.29, 1.82) is 0 Å². The van der Waals surface area contributed by atoms with E-state index in [1.54, 1.807) is 6.92 Å². The Morgan fingerprint density at radius 1 is 1.56 bits per heavy atom. The van der Waals surface area contributed by atoms with Crippen molar-refractivity contribution in [2.45, 2.75) is 13.3 Å². The summed E-state index contributed by atoms with van der Waals surface area (Å²) in [5.41, 5.74) is 0. The summed E-state index contributed by atoms with van der Waals surface area (Å²) >= 11 is 1.48. The van der Waals surface area contributed by atoms with Crippen LogP contribution in [0, 0.1) is 5.92 Å². The van der Waals surface area contributed by atoms with E-state index in [-0.39, 0.29) is 31.5 Å². The lowest BCUT2D eigenvalue weighted by Crippen LogP contribution is -2.18. The summed E-state index contributed by atoms with van der Waals surface area (Å²) in [6, 6.07) is 0. The highest BCUT2D eigenvalue weighted by molar-refractivity contribution is 7.99. The third-order valence-electron chi connectivity index (χ3n) is 1.76. The predicted octanol–water partition coefficient (Wildman–Crippen LogP) is 0.312. The number of thioether (sulfide) groups is 1. The van der Waals surface area contributed by atoms with Crippen molar-refractivity contribution in [2.24, 2.45) is 10.3 Å². The largest absolute Gasteiger partial charge is 0.465 e. The Bertz CT molecular complexity index is 366. The van der Waals surface area contributed by atoms with Gasteiger partial charge in [-0.1, -0.05) is 6.92 Å². The van der Waals surface area contributed by atoms with E-state index < -0.39 is 10.0 Å². The SMILES string of the molecule is CC(CSCCO)C(=O)OCC/C=N\S(C)(=O)=O. The highest BCUT2D eigenvalue weighted by Crippen LogP contribution is 2.09. The second-order valence-corrected chi connectivity index (χ2v) is 6.50. The Morgan fingerprint density at radius 3 is 2.78 bits per heavy atom. The van der Waals surface area contributed by atoms with Crippen LogP contribution < -0.4 is 0 Å². The Balaban J connectivity index is 3.73. The summed E-state index contributed by atoms with van der Waals surface area (Å²) < 4.78 is 29.5. The Kier molecular flexibility index (Phi) is 9.03. The number of aliphatic hydroxyl groups excluding tert-OH is 1. The van der Waals surface area contributed by atoms with E-state index in [9.17, 15) is 13.2 Å². The lowest BCUT2D eigenvalue weighted by Gasteiger charge is -2.09. The van der Waals surface area contributed by atoms with Crippen molar-refractivity contribution in [3.63, 3.8) is 0 Å². The molecule has 1 atom stereocenters. The fourth-order valence-electron chi connectivity index (χ4n) is 0.935. The van der Waals surface area contributed by atoms with Gasteiger partial charge in [-0.3, -0.25) is 4.79 Å². The van der Waals surface area contributed by atoms with Gasteiger partial charge < -0.3 is 9.84 Å². The van der Waals surface area contributed by atoms with Crippen molar-refractivity contribution < 1.29 is 23.1 Å². The monoisotopic (exact) mass is 297 g/mol. The number of sulfonamides is 1. The summed E-state index contributed by atoms with van der Waals surface area (Å²) in [6.45, 7) is 1.96. The molecule has 0 saturated heterocycles. The van der Waals surface area contributed by atoms with Crippen LogP contribution in [0.3, 0.4) is 0 Å². The third kappa shape index (κ3) is 10.5. The molecule has 0 aromatic carbocycles. The van der Waals surface area contributed by atoms with Gasteiger partial charge in [0.15, 0.2) is 0 Å². The molecule has 6 nitrogen and oxygen atoms in total. The van der Waals surface area contributed by atoms with Gasteiger partial charge in [0.2, 0.25) is 10.0 Å². The average Bonchev–Trinajstić information content (AvgIpc) is 2.27. The van der Waals surface area contributed by atoms with Crippen LogP contribution in [0.15, 0.2) is 4.40 Å². The molecule has 0 saturated carbocycles. The molecule has 18 heavy (non-hydrogen) atoms. The minimum atomic E-state index is -3.35. The molecule has 0 aliphatic heterocycles. The predicted molar refractivity (Wildman–Crippen MR) is 72.5 cm³/mol. The quantitative estimate of drug-likeness (QED) is 0.374. The maximum atomic E-state index is 11.4. The van der Waals surface area contributed by atoms with Gasteiger partial charge in [0.25, 0.3) is 0 Å². The van der Waals surface area contributed by atoms with E-state index in [4.69, 9.17) is 9.84 Å². The molecule has 0 aromatic heterocycles. The van der Waals surface area contributed by atoms with Crippen molar-refractivity contribution >= 4 is 34.0 Å². The molecule has 1 N–H and O–H groups in total. The smallest absolute Gasteiger partial charge is 0.309 e. The average molecular weight is 297 g/mol. The Hall–Kier alpha value is -0.600. The number of ether oxygens (including phenoxy) is 1. The van der Waals surface area contributed by atoms with Crippen molar-refractivity contribution in [3.8, 4) is 0 Å². The van der Waals surface area contributed by atoms with Crippen LogP contribution in [0.4, 0.5) is 0 Å². The van der Waals surface area contributed by atoms with Crippen LogP contribution in [0.2, 0.25) is 0 Å². The molecule has 0 heterocycles. The molecule has 8 heteroatoms. The molecule has 0 spiro atoms. The van der Waals surface area contributed by atoms with Gasteiger partial charge in [0.1, 0.15) is 0 Å². The first-order chi connectivity index (χ1) is 8.37. The fourth-order valence-corrected chi connectivity index (χ4v) is 2.10. The van der Waals surface area contributed by atoms with Crippen LogP contribution >= 0.6 is 11.8 Å². The minimum absolute atomic E-state index is 0.0917. The minimum Gasteiger partial charge on any atom is -0.465 e. The zero-order chi connectivity index (χ0) is 14.0. The first-order valence-corrected chi connectivity index (χ1v) is 8.46. The lowest BCUT2D eigenvalue weighted by molar-refractivity contribution is -0.146. The summed E-state index contributed by atoms with van der Waals surface area (Å²) in [5, 5.41) is 8.58. The van der Waals surface area contributed by atoms with E-state index in [2.05, 4.69) is 4.40 Å². The molecule has 0 aliphatic rings. The van der Waals surface area contributed by atoms with Gasteiger partial charge in [-0.05, 0) is 0 Å². The molecule has 0 radical (unpaired) electrons. The molecule has 1 unspecified atom stereocenters. The van der Waals surface area contributed by atoms with E-state index in [0.717, 1.165) is 6.26 Å². The number of hydrogen-bond acceptors (Lipinski definition) is 6. The van der Waals surface area contributed by atoms with E-state index in [1.807, 2.05) is 0 Å². The van der Waals surface area contributed by atoms with Crippen LogP contribution in [-0.4, -0.2) is 56.7 Å². The van der Waals surface area contributed by atoms with Crippen LogP contribution in [0.5, 0.6) is 0 Å². The van der Waals surface area contributed by atoms with Gasteiger partial charge in [-0.15, -0.1) is 0 Å². The van der Waals surface area contributed by atoms with Crippen molar-refractivity contribution in [3.05, 3.63) is 0 Å². The van der Waals surface area contributed by atoms with E-state index in [1.165, 1.54) is 18.0 Å². The summed E-state index contributed by atoms with van der Waals surface area (Å²) in [7, 11) is -3.35. The molecule has 0 bridgehead atoms. The zero-order valence-corrected chi connectivity index (χ0v) is 12.2. The zero-order valence-electron chi connectivity index (χ0n) is 10.5. The third-order valence-corrected chi connectivity index (χ3v) is 3.50. The number of hydrogen-bond donors (Lipinski definition) is 1. The number of rotatable bonds is 9. The van der Waals surface area contributed by atoms with Crippen LogP contribution in [0.1, 0.15) is 13.3 Å². The lowest BCUT2D eigenvalue weighted by atomic mass is 10.2. The van der Waals surface area contributed by atoms with Crippen LogP contribution in [-0.2, 0) is 19.6 Å².